The van der Waals surface area contributed by atoms with Gasteiger partial charge in [0.05, 0.1) is 0 Å². The summed E-state index contributed by atoms with van der Waals surface area (Å²) in [7, 11) is 0. The maximum absolute atomic E-state index is 11.7. The van der Waals surface area contributed by atoms with E-state index >= 15 is 0 Å². The van der Waals surface area contributed by atoms with Crippen LogP contribution in [-0.2, 0) is 4.74 Å². The number of alkyl carbamates (subject to hydrolysis) is 1. The molecular formula is C15H29NO2. The molecule has 0 fully saturated rings. The molecule has 0 bridgehead atoms. The molecule has 0 spiro atoms. The molecule has 0 saturated carbocycles. The molecule has 18 heavy (non-hydrogen) atoms. The molecule has 0 saturated heterocycles. The Morgan fingerprint density at radius 2 is 2.00 bits per heavy atom. The molecule has 0 radical (unpaired) electrons. The second kappa shape index (κ2) is 9.01. The predicted octanol–water partition coefficient (Wildman–Crippen LogP) is 4.43. The summed E-state index contributed by atoms with van der Waals surface area (Å²) >= 11 is 0. The minimum Gasteiger partial charge on any atom is -0.444 e. The molecule has 0 aromatic carbocycles. The van der Waals surface area contributed by atoms with Crippen LogP contribution in [0.1, 0.15) is 66.7 Å². The van der Waals surface area contributed by atoms with E-state index in [-0.39, 0.29) is 12.1 Å². The van der Waals surface area contributed by atoms with Gasteiger partial charge < -0.3 is 10.1 Å². The summed E-state index contributed by atoms with van der Waals surface area (Å²) < 4.78 is 5.28. The smallest absolute Gasteiger partial charge is 0.407 e. The zero-order valence-corrected chi connectivity index (χ0v) is 12.6. The zero-order chi connectivity index (χ0) is 14.0. The highest BCUT2D eigenvalue weighted by molar-refractivity contribution is 5.68. The van der Waals surface area contributed by atoms with Gasteiger partial charge >= 0.3 is 6.09 Å². The fourth-order valence-corrected chi connectivity index (χ4v) is 1.66. The number of hydrogen-bond acceptors (Lipinski definition) is 2. The number of allylic oxidation sites excluding steroid dienone is 1. The second-order valence-electron chi connectivity index (χ2n) is 5.64. The number of carbonyl (C=O) groups is 1. The topological polar surface area (TPSA) is 38.3 Å². The number of hydrogen-bond donors (Lipinski definition) is 1. The van der Waals surface area contributed by atoms with E-state index in [4.69, 9.17) is 4.74 Å². The molecular weight excluding hydrogens is 226 g/mol. The number of ether oxygens (including phenoxy) is 1. The van der Waals surface area contributed by atoms with Crippen LogP contribution in [0.4, 0.5) is 4.79 Å². The Kier molecular flexibility index (Phi) is 8.51. The van der Waals surface area contributed by atoms with Crippen LogP contribution in [-0.4, -0.2) is 17.7 Å². The summed E-state index contributed by atoms with van der Waals surface area (Å²) in [5.74, 6) is 0. The van der Waals surface area contributed by atoms with Crippen molar-refractivity contribution in [1.82, 2.24) is 5.32 Å². The Hall–Kier alpha value is -0.990. The summed E-state index contributed by atoms with van der Waals surface area (Å²) in [5, 5.41) is 2.95. The minimum absolute atomic E-state index is 0.183. The van der Waals surface area contributed by atoms with Gasteiger partial charge in [-0.25, -0.2) is 4.79 Å². The van der Waals surface area contributed by atoms with E-state index in [0.717, 1.165) is 19.3 Å². The molecule has 0 aromatic rings. The van der Waals surface area contributed by atoms with Gasteiger partial charge in [-0.2, -0.15) is 0 Å². The van der Waals surface area contributed by atoms with Crippen molar-refractivity contribution in [3.05, 3.63) is 12.2 Å². The maximum atomic E-state index is 11.7. The molecule has 1 unspecified atom stereocenters. The van der Waals surface area contributed by atoms with E-state index in [1.165, 1.54) is 12.8 Å². The molecule has 106 valence electrons. The lowest BCUT2D eigenvalue weighted by Crippen LogP contribution is -2.38. The third-order valence-electron chi connectivity index (χ3n) is 2.53. The zero-order valence-electron chi connectivity index (χ0n) is 12.6. The van der Waals surface area contributed by atoms with Crippen molar-refractivity contribution in [3.63, 3.8) is 0 Å². The molecule has 0 heterocycles. The van der Waals surface area contributed by atoms with Gasteiger partial charge in [-0.05, 0) is 40.5 Å². The first-order valence-electron chi connectivity index (χ1n) is 6.99. The predicted molar refractivity (Wildman–Crippen MR) is 76.7 cm³/mol. The summed E-state index contributed by atoms with van der Waals surface area (Å²) in [4.78, 5) is 11.7. The minimum atomic E-state index is -0.432. The Morgan fingerprint density at radius 1 is 1.33 bits per heavy atom. The molecule has 3 heteroatoms. The number of unbranched alkanes of at least 4 members (excludes halogenated alkanes) is 2. The Balaban J connectivity index is 4.16. The van der Waals surface area contributed by atoms with Gasteiger partial charge in [0.2, 0.25) is 0 Å². The number of rotatable bonds is 7. The highest BCUT2D eigenvalue weighted by atomic mass is 16.6. The maximum Gasteiger partial charge on any atom is 0.407 e. The van der Waals surface area contributed by atoms with E-state index in [2.05, 4.69) is 18.3 Å². The monoisotopic (exact) mass is 255 g/mol. The van der Waals surface area contributed by atoms with Gasteiger partial charge in [-0.3, -0.25) is 0 Å². The van der Waals surface area contributed by atoms with Crippen molar-refractivity contribution >= 4 is 6.09 Å². The van der Waals surface area contributed by atoms with Crippen molar-refractivity contribution in [2.24, 2.45) is 0 Å². The van der Waals surface area contributed by atoms with Gasteiger partial charge in [0.25, 0.3) is 0 Å². The van der Waals surface area contributed by atoms with Crippen molar-refractivity contribution in [3.8, 4) is 0 Å². The highest BCUT2D eigenvalue weighted by Gasteiger charge is 2.18. The van der Waals surface area contributed by atoms with Gasteiger partial charge in [0.15, 0.2) is 0 Å². The van der Waals surface area contributed by atoms with Gasteiger partial charge in [0.1, 0.15) is 5.60 Å². The van der Waals surface area contributed by atoms with Crippen LogP contribution >= 0.6 is 0 Å². The second-order valence-corrected chi connectivity index (χ2v) is 5.64. The average Bonchev–Trinajstić information content (AvgIpc) is 2.23. The fraction of sp³-hybridized carbons (Fsp3) is 0.800. The van der Waals surface area contributed by atoms with Crippen LogP contribution in [0.5, 0.6) is 0 Å². The number of nitrogens with one attached hydrogen (secondary N) is 1. The molecule has 1 amide bonds. The van der Waals surface area contributed by atoms with Crippen molar-refractivity contribution in [2.45, 2.75) is 78.4 Å². The quantitative estimate of drug-likeness (QED) is 0.540. The van der Waals surface area contributed by atoms with Crippen LogP contribution in [0.3, 0.4) is 0 Å². The Morgan fingerprint density at radius 3 is 2.50 bits per heavy atom. The average molecular weight is 255 g/mol. The lowest BCUT2D eigenvalue weighted by atomic mass is 10.1. The summed E-state index contributed by atoms with van der Waals surface area (Å²) in [6, 6.07) is 0.183. The molecule has 0 aliphatic rings. The summed E-state index contributed by atoms with van der Waals surface area (Å²) in [6.45, 7) is 9.82. The van der Waals surface area contributed by atoms with E-state index in [9.17, 15) is 4.79 Å². The standard InChI is InChI=1S/C15H29NO2/c1-6-8-10-12-13(11-9-7-2)16-14(17)18-15(3,4)5/h7,9,13H,6,8,10-12H2,1-5H3,(H,16,17)/b9-7+. The largest absolute Gasteiger partial charge is 0.444 e. The van der Waals surface area contributed by atoms with E-state index < -0.39 is 5.60 Å². The highest BCUT2D eigenvalue weighted by Crippen LogP contribution is 2.10. The Labute approximate surface area is 112 Å². The normalized spacial score (nSPS) is 13.6. The van der Waals surface area contributed by atoms with Crippen molar-refractivity contribution in [1.29, 1.82) is 0 Å². The molecule has 0 aliphatic heterocycles. The molecule has 3 nitrogen and oxygen atoms in total. The van der Waals surface area contributed by atoms with E-state index in [1.807, 2.05) is 33.8 Å². The van der Waals surface area contributed by atoms with Crippen molar-refractivity contribution in [2.75, 3.05) is 0 Å². The molecule has 0 aromatic heterocycles. The number of carbonyl (C=O) groups excluding carboxylic acids is 1. The first-order chi connectivity index (χ1) is 8.39. The third kappa shape index (κ3) is 10.2. The van der Waals surface area contributed by atoms with Gasteiger partial charge in [-0.15, -0.1) is 0 Å². The van der Waals surface area contributed by atoms with Crippen LogP contribution in [0.15, 0.2) is 12.2 Å². The first-order valence-corrected chi connectivity index (χ1v) is 6.99. The number of amides is 1. The van der Waals surface area contributed by atoms with Gasteiger partial charge in [-0.1, -0.05) is 38.3 Å². The fourth-order valence-electron chi connectivity index (χ4n) is 1.66. The lowest BCUT2D eigenvalue weighted by molar-refractivity contribution is 0.0501. The van der Waals surface area contributed by atoms with Crippen LogP contribution < -0.4 is 5.32 Å². The third-order valence-corrected chi connectivity index (χ3v) is 2.53. The molecule has 0 rings (SSSR count). The summed E-state index contributed by atoms with van der Waals surface area (Å²) in [5.41, 5.74) is -0.432. The van der Waals surface area contributed by atoms with Crippen LogP contribution in [0, 0.1) is 0 Å². The van der Waals surface area contributed by atoms with Crippen LogP contribution in [0.2, 0.25) is 0 Å². The molecule has 1 atom stereocenters. The lowest BCUT2D eigenvalue weighted by Gasteiger charge is -2.23. The van der Waals surface area contributed by atoms with Crippen molar-refractivity contribution < 1.29 is 9.53 Å². The van der Waals surface area contributed by atoms with E-state index in [1.54, 1.807) is 0 Å². The van der Waals surface area contributed by atoms with E-state index in [0.29, 0.717) is 0 Å². The summed E-state index contributed by atoms with van der Waals surface area (Å²) in [6.07, 6.45) is 9.24. The first kappa shape index (κ1) is 17.0. The molecule has 0 aliphatic carbocycles. The molecule has 1 N–H and O–H groups in total. The SMILES string of the molecule is C/C=C/CC(CCCCC)NC(=O)OC(C)(C)C. The van der Waals surface area contributed by atoms with Crippen LogP contribution in [0.25, 0.3) is 0 Å². The Bertz CT molecular complexity index is 254. The van der Waals surface area contributed by atoms with Gasteiger partial charge in [0, 0.05) is 6.04 Å².